The van der Waals surface area contributed by atoms with Crippen molar-refractivity contribution in [2.45, 2.75) is 25.8 Å². The van der Waals surface area contributed by atoms with Crippen LogP contribution in [0.4, 0.5) is 5.69 Å². The van der Waals surface area contributed by atoms with E-state index in [1.807, 2.05) is 49.4 Å². The molecular formula is C21H23N5O2. The Bertz CT molecular complexity index is 963. The molecule has 4 rings (SSSR count). The number of para-hydroxylation sites is 2. The predicted octanol–water partition coefficient (Wildman–Crippen LogP) is 3.56. The van der Waals surface area contributed by atoms with Crippen LogP contribution in [0.5, 0.6) is 11.5 Å². The van der Waals surface area contributed by atoms with Crippen LogP contribution in [-0.2, 0) is 0 Å². The number of carbonyl (C=O) groups is 1. The van der Waals surface area contributed by atoms with Crippen LogP contribution >= 0.6 is 0 Å². The van der Waals surface area contributed by atoms with Gasteiger partial charge < -0.3 is 15.4 Å². The molecule has 2 N–H and O–H groups in total. The van der Waals surface area contributed by atoms with Gasteiger partial charge in [0.05, 0.1) is 17.9 Å². The average Bonchev–Trinajstić information content (AvgIpc) is 3.21. The van der Waals surface area contributed by atoms with Crippen molar-refractivity contribution >= 4 is 11.6 Å². The lowest BCUT2D eigenvalue weighted by Gasteiger charge is -2.22. The second-order valence-corrected chi connectivity index (χ2v) is 6.93. The van der Waals surface area contributed by atoms with E-state index in [1.165, 1.54) is 0 Å². The van der Waals surface area contributed by atoms with Crippen LogP contribution in [0, 0.1) is 6.92 Å². The minimum absolute atomic E-state index is 0.284. The fourth-order valence-corrected chi connectivity index (χ4v) is 3.28. The first kappa shape index (κ1) is 18.2. The Morgan fingerprint density at radius 2 is 2.00 bits per heavy atom. The topological polar surface area (TPSA) is 81.1 Å². The van der Waals surface area contributed by atoms with E-state index >= 15 is 0 Å². The van der Waals surface area contributed by atoms with Crippen LogP contribution in [0.3, 0.4) is 0 Å². The third-order valence-electron chi connectivity index (χ3n) is 4.78. The zero-order chi connectivity index (χ0) is 19.3. The van der Waals surface area contributed by atoms with Crippen molar-refractivity contribution in [2.75, 3.05) is 18.4 Å². The number of nitrogens with one attached hydrogen (secondary N) is 2. The van der Waals surface area contributed by atoms with Gasteiger partial charge in [-0.1, -0.05) is 29.5 Å². The van der Waals surface area contributed by atoms with Crippen LogP contribution < -0.4 is 15.4 Å². The number of nitrogens with zero attached hydrogens (tertiary/aromatic N) is 3. The molecule has 2 aromatic carbocycles. The Kier molecular flexibility index (Phi) is 5.34. The molecule has 0 aliphatic carbocycles. The van der Waals surface area contributed by atoms with Gasteiger partial charge >= 0.3 is 0 Å². The predicted molar refractivity (Wildman–Crippen MR) is 107 cm³/mol. The first-order chi connectivity index (χ1) is 13.7. The van der Waals surface area contributed by atoms with Gasteiger partial charge in [-0.3, -0.25) is 4.79 Å². The van der Waals surface area contributed by atoms with Crippen LogP contribution in [0.2, 0.25) is 0 Å². The Morgan fingerprint density at radius 1 is 1.18 bits per heavy atom. The maximum atomic E-state index is 12.7. The van der Waals surface area contributed by atoms with Gasteiger partial charge in [-0.15, -0.1) is 5.10 Å². The summed E-state index contributed by atoms with van der Waals surface area (Å²) in [6.07, 6.45) is 3.69. The fraction of sp³-hybridized carbons (Fsp3) is 0.286. The van der Waals surface area contributed by atoms with E-state index in [1.54, 1.807) is 16.9 Å². The number of amides is 1. The molecule has 1 aliphatic heterocycles. The molecule has 3 aromatic rings. The van der Waals surface area contributed by atoms with E-state index in [-0.39, 0.29) is 11.9 Å². The zero-order valence-electron chi connectivity index (χ0n) is 15.8. The number of hydrogen-bond donors (Lipinski definition) is 2. The van der Waals surface area contributed by atoms with Crippen LogP contribution in [0.15, 0.2) is 54.7 Å². The largest absolute Gasteiger partial charge is 0.455 e. The monoisotopic (exact) mass is 377 g/mol. The maximum absolute atomic E-state index is 12.7. The summed E-state index contributed by atoms with van der Waals surface area (Å²) in [6.45, 7) is 3.91. The number of benzene rings is 2. The van der Waals surface area contributed by atoms with E-state index in [2.05, 4.69) is 20.9 Å². The van der Waals surface area contributed by atoms with E-state index in [0.29, 0.717) is 17.1 Å². The number of aromatic nitrogens is 3. The first-order valence-electron chi connectivity index (χ1n) is 9.46. The Balaban J connectivity index is 1.48. The van der Waals surface area contributed by atoms with E-state index < -0.39 is 0 Å². The average molecular weight is 377 g/mol. The van der Waals surface area contributed by atoms with E-state index in [0.717, 1.165) is 37.2 Å². The van der Waals surface area contributed by atoms with Gasteiger partial charge in [0.1, 0.15) is 5.75 Å². The van der Waals surface area contributed by atoms with Gasteiger partial charge in [-0.25, -0.2) is 4.68 Å². The molecule has 7 heteroatoms. The number of hydrogen-bond acceptors (Lipinski definition) is 5. The summed E-state index contributed by atoms with van der Waals surface area (Å²) in [7, 11) is 0. The van der Waals surface area contributed by atoms with Gasteiger partial charge in [-0.05, 0) is 62.7 Å². The van der Waals surface area contributed by atoms with Gasteiger partial charge in [0.2, 0.25) is 0 Å². The molecule has 1 aromatic heterocycles. The van der Waals surface area contributed by atoms with Gasteiger partial charge in [0.25, 0.3) is 5.91 Å². The summed E-state index contributed by atoms with van der Waals surface area (Å²) in [5.41, 5.74) is 1.99. The number of aryl methyl sites for hydroxylation is 1. The smallest absolute Gasteiger partial charge is 0.277 e. The van der Waals surface area contributed by atoms with Crippen molar-refractivity contribution in [2.24, 2.45) is 0 Å². The molecule has 0 unspecified atom stereocenters. The quantitative estimate of drug-likeness (QED) is 0.711. The van der Waals surface area contributed by atoms with Gasteiger partial charge in [0.15, 0.2) is 11.4 Å². The molecule has 28 heavy (non-hydrogen) atoms. The summed E-state index contributed by atoms with van der Waals surface area (Å²) < 4.78 is 7.76. The fourth-order valence-electron chi connectivity index (χ4n) is 3.28. The molecule has 2 heterocycles. The molecule has 0 atom stereocenters. The number of piperidine rings is 1. The minimum atomic E-state index is -0.305. The van der Waals surface area contributed by atoms with Crippen molar-refractivity contribution < 1.29 is 9.53 Å². The lowest BCUT2D eigenvalue weighted by molar-refractivity contribution is 0.102. The van der Waals surface area contributed by atoms with Crippen molar-refractivity contribution in [3.05, 3.63) is 66.0 Å². The summed E-state index contributed by atoms with van der Waals surface area (Å²) in [5, 5.41) is 14.4. The molecular weight excluding hydrogens is 354 g/mol. The normalized spacial score (nSPS) is 14.6. The molecule has 1 fully saturated rings. The Morgan fingerprint density at radius 3 is 2.82 bits per heavy atom. The lowest BCUT2D eigenvalue weighted by atomic mass is 10.1. The summed E-state index contributed by atoms with van der Waals surface area (Å²) in [6, 6.07) is 15.4. The highest BCUT2D eigenvalue weighted by Gasteiger charge is 2.19. The van der Waals surface area contributed by atoms with Crippen molar-refractivity contribution in [1.82, 2.24) is 20.3 Å². The third kappa shape index (κ3) is 4.20. The van der Waals surface area contributed by atoms with Gasteiger partial charge in [-0.2, -0.15) is 0 Å². The zero-order valence-corrected chi connectivity index (χ0v) is 15.8. The van der Waals surface area contributed by atoms with E-state index in [9.17, 15) is 4.79 Å². The van der Waals surface area contributed by atoms with Crippen LogP contribution in [-0.4, -0.2) is 34.0 Å². The number of anilines is 1. The van der Waals surface area contributed by atoms with Crippen molar-refractivity contribution in [3.63, 3.8) is 0 Å². The highest BCUT2D eigenvalue weighted by molar-refractivity contribution is 6.03. The summed E-state index contributed by atoms with van der Waals surface area (Å²) >= 11 is 0. The maximum Gasteiger partial charge on any atom is 0.277 e. The number of rotatable bonds is 5. The molecule has 144 valence electrons. The molecule has 1 amide bonds. The third-order valence-corrected chi connectivity index (χ3v) is 4.78. The van der Waals surface area contributed by atoms with Crippen molar-refractivity contribution in [3.8, 4) is 11.5 Å². The first-order valence-corrected chi connectivity index (χ1v) is 9.46. The Labute approximate surface area is 163 Å². The molecule has 0 saturated carbocycles. The minimum Gasteiger partial charge on any atom is -0.455 e. The second-order valence-electron chi connectivity index (χ2n) is 6.93. The number of carbonyl (C=O) groups excluding carboxylic acids is 1. The Hall–Kier alpha value is -3.19. The molecule has 0 bridgehead atoms. The standard InChI is InChI=1S/C21H23N5O2/c1-15-5-4-6-17(13-15)28-20-8-3-2-7-18(20)23-21(27)19-14-26(25-24-19)16-9-11-22-12-10-16/h2-8,13-14,16,22H,9-12H2,1H3,(H,23,27). The SMILES string of the molecule is Cc1cccc(Oc2ccccc2NC(=O)c2cn(C3CCNCC3)nn2)c1. The molecule has 0 radical (unpaired) electrons. The second kappa shape index (κ2) is 8.22. The van der Waals surface area contributed by atoms with E-state index in [4.69, 9.17) is 4.74 Å². The lowest BCUT2D eigenvalue weighted by Crippen LogP contribution is -2.29. The number of ether oxygens (including phenoxy) is 1. The summed E-state index contributed by atoms with van der Waals surface area (Å²) in [4.78, 5) is 12.7. The molecule has 0 spiro atoms. The highest BCUT2D eigenvalue weighted by atomic mass is 16.5. The molecule has 7 nitrogen and oxygen atoms in total. The van der Waals surface area contributed by atoms with Gasteiger partial charge in [0, 0.05) is 0 Å². The summed E-state index contributed by atoms with van der Waals surface area (Å²) in [5.74, 6) is 0.992. The molecule has 1 saturated heterocycles. The van der Waals surface area contributed by atoms with Crippen LogP contribution in [0.25, 0.3) is 0 Å². The highest BCUT2D eigenvalue weighted by Crippen LogP contribution is 2.30. The van der Waals surface area contributed by atoms with Crippen molar-refractivity contribution in [1.29, 1.82) is 0 Å². The van der Waals surface area contributed by atoms with Crippen LogP contribution in [0.1, 0.15) is 34.9 Å². The molecule has 1 aliphatic rings.